The van der Waals surface area contributed by atoms with Crippen molar-refractivity contribution in [2.75, 3.05) is 20.2 Å². The average Bonchev–Trinajstić information content (AvgIpc) is 2.50. The molecule has 2 amide bonds. The first-order valence-electron chi connectivity index (χ1n) is 8.86. The maximum Gasteiger partial charge on any atom is 0.239 e. The highest BCUT2D eigenvalue weighted by atomic mass is 16.5. The van der Waals surface area contributed by atoms with Gasteiger partial charge in [-0.3, -0.25) is 9.59 Å². The normalized spacial score (nSPS) is 11.3. The molecule has 5 heteroatoms. The number of benzene rings is 1. The summed E-state index contributed by atoms with van der Waals surface area (Å²) in [4.78, 5) is 25.1. The van der Waals surface area contributed by atoms with Gasteiger partial charge >= 0.3 is 0 Å². The molecule has 0 aliphatic carbocycles. The molecule has 1 aromatic rings. The number of carbonyl (C=O) groups excluding carboxylic acids is 2. The van der Waals surface area contributed by atoms with Crippen molar-refractivity contribution in [3.63, 3.8) is 0 Å². The maximum atomic E-state index is 12.0. The van der Waals surface area contributed by atoms with E-state index in [-0.39, 0.29) is 29.8 Å². The number of ether oxygens (including phenoxy) is 1. The van der Waals surface area contributed by atoms with Gasteiger partial charge in [0.05, 0.1) is 13.2 Å². The zero-order valence-electron chi connectivity index (χ0n) is 16.4. The van der Waals surface area contributed by atoms with Gasteiger partial charge in [-0.1, -0.05) is 32.9 Å². The van der Waals surface area contributed by atoms with Crippen LogP contribution in [0.25, 0.3) is 0 Å². The average molecular weight is 348 g/mol. The molecule has 0 aliphatic heterocycles. The molecule has 5 nitrogen and oxygen atoms in total. The van der Waals surface area contributed by atoms with Crippen LogP contribution >= 0.6 is 0 Å². The van der Waals surface area contributed by atoms with Gasteiger partial charge in [0.2, 0.25) is 11.8 Å². The van der Waals surface area contributed by atoms with Crippen LogP contribution < -0.4 is 10.1 Å². The van der Waals surface area contributed by atoms with Gasteiger partial charge in [-0.25, -0.2) is 0 Å². The minimum Gasteiger partial charge on any atom is -0.494 e. The molecule has 140 valence electrons. The lowest BCUT2D eigenvalue weighted by Gasteiger charge is -2.19. The fourth-order valence-corrected chi connectivity index (χ4v) is 2.33. The van der Waals surface area contributed by atoms with Gasteiger partial charge in [0.25, 0.3) is 0 Å². The van der Waals surface area contributed by atoms with Crippen LogP contribution in [0.3, 0.4) is 0 Å². The van der Waals surface area contributed by atoms with Gasteiger partial charge in [-0.15, -0.1) is 0 Å². The molecule has 0 bridgehead atoms. The lowest BCUT2D eigenvalue weighted by atomic mass is 9.87. The number of nitrogens with one attached hydrogen (secondary N) is 1. The number of likely N-dealkylation sites (N-methyl/N-ethyl adjacent to an activating group) is 1. The Kier molecular flexibility index (Phi) is 7.94. The number of amides is 2. The number of carbonyl (C=O) groups is 2. The van der Waals surface area contributed by atoms with E-state index >= 15 is 0 Å². The molecule has 0 heterocycles. The van der Waals surface area contributed by atoms with E-state index in [2.05, 4.69) is 38.2 Å². The number of nitrogens with zero attached hydrogens (tertiary/aromatic N) is 1. The van der Waals surface area contributed by atoms with Crippen LogP contribution in [0.15, 0.2) is 24.3 Å². The van der Waals surface area contributed by atoms with Crippen LogP contribution in [0.5, 0.6) is 5.75 Å². The second kappa shape index (κ2) is 9.44. The predicted molar refractivity (Wildman–Crippen MR) is 101 cm³/mol. The Morgan fingerprint density at radius 2 is 1.76 bits per heavy atom. The minimum atomic E-state index is -0.138. The zero-order chi connectivity index (χ0) is 19.0. The summed E-state index contributed by atoms with van der Waals surface area (Å²) in [5.41, 5.74) is 1.38. The molecule has 25 heavy (non-hydrogen) atoms. The van der Waals surface area contributed by atoms with Crippen molar-refractivity contribution in [1.82, 2.24) is 10.2 Å². The molecular formula is C20H32N2O3. The lowest BCUT2D eigenvalue weighted by molar-refractivity contribution is -0.135. The molecular weight excluding hydrogens is 316 g/mol. The summed E-state index contributed by atoms with van der Waals surface area (Å²) in [5.74, 6) is 0.622. The first kappa shape index (κ1) is 21.0. The number of rotatable bonds is 8. The molecule has 1 aromatic carbocycles. The fraction of sp³-hybridized carbons (Fsp3) is 0.600. The molecule has 0 aliphatic rings. The highest BCUT2D eigenvalue weighted by Gasteiger charge is 2.14. The van der Waals surface area contributed by atoms with E-state index in [1.54, 1.807) is 7.05 Å². The molecule has 0 atom stereocenters. The van der Waals surface area contributed by atoms with Crippen molar-refractivity contribution < 1.29 is 14.3 Å². The molecule has 1 rings (SSSR count). The molecule has 0 unspecified atom stereocenters. The largest absolute Gasteiger partial charge is 0.494 e. The molecule has 0 saturated heterocycles. The van der Waals surface area contributed by atoms with E-state index in [0.717, 1.165) is 5.75 Å². The molecule has 0 saturated carbocycles. The monoisotopic (exact) mass is 348 g/mol. The van der Waals surface area contributed by atoms with Crippen LogP contribution in [0.1, 0.15) is 53.0 Å². The lowest BCUT2D eigenvalue weighted by Crippen LogP contribution is -2.40. The first-order valence-corrected chi connectivity index (χ1v) is 8.86. The van der Waals surface area contributed by atoms with E-state index in [0.29, 0.717) is 19.4 Å². The molecule has 1 N–H and O–H groups in total. The van der Waals surface area contributed by atoms with Crippen molar-refractivity contribution in [2.24, 2.45) is 0 Å². The van der Waals surface area contributed by atoms with Gasteiger partial charge in [-0.2, -0.15) is 0 Å². The van der Waals surface area contributed by atoms with E-state index in [4.69, 9.17) is 4.74 Å². The smallest absolute Gasteiger partial charge is 0.239 e. The SMILES string of the molecule is CC(C)NC(=O)CN(C)C(=O)CCCOc1ccc(C(C)(C)C)cc1. The van der Waals surface area contributed by atoms with Crippen molar-refractivity contribution >= 4 is 11.8 Å². The molecule has 0 radical (unpaired) electrons. The summed E-state index contributed by atoms with van der Waals surface area (Å²) in [7, 11) is 1.65. The van der Waals surface area contributed by atoms with Crippen LogP contribution in [-0.4, -0.2) is 43.0 Å². The molecule has 0 aromatic heterocycles. The Bertz CT molecular complexity index is 559. The summed E-state index contributed by atoms with van der Waals surface area (Å²) in [6, 6.07) is 8.15. The standard InChI is InChI=1S/C20H32N2O3/c1-15(2)21-18(23)14-22(6)19(24)8-7-13-25-17-11-9-16(10-12-17)20(3,4)5/h9-12,15H,7-8,13-14H2,1-6H3,(H,21,23). The van der Waals surface area contributed by atoms with E-state index in [1.165, 1.54) is 10.5 Å². The third-order valence-electron chi connectivity index (χ3n) is 3.78. The van der Waals surface area contributed by atoms with Gasteiger partial charge in [-0.05, 0) is 43.4 Å². The third-order valence-corrected chi connectivity index (χ3v) is 3.78. The van der Waals surface area contributed by atoms with Gasteiger partial charge in [0.1, 0.15) is 5.75 Å². The van der Waals surface area contributed by atoms with Gasteiger partial charge < -0.3 is 15.0 Å². The second-order valence-corrected chi connectivity index (χ2v) is 7.70. The Hall–Kier alpha value is -2.04. The quantitative estimate of drug-likeness (QED) is 0.734. The summed E-state index contributed by atoms with van der Waals surface area (Å²) in [5, 5.41) is 2.77. The van der Waals surface area contributed by atoms with Crippen molar-refractivity contribution in [3.05, 3.63) is 29.8 Å². The minimum absolute atomic E-state index is 0.0504. The topological polar surface area (TPSA) is 58.6 Å². The number of hydrogen-bond donors (Lipinski definition) is 1. The van der Waals surface area contributed by atoms with Gasteiger partial charge in [0.15, 0.2) is 0 Å². The summed E-state index contributed by atoms with van der Waals surface area (Å²) in [6.45, 7) is 10.9. The molecule has 0 fully saturated rings. The van der Waals surface area contributed by atoms with Crippen molar-refractivity contribution in [3.8, 4) is 5.75 Å². The van der Waals surface area contributed by atoms with E-state index in [9.17, 15) is 9.59 Å². The zero-order valence-corrected chi connectivity index (χ0v) is 16.4. The Morgan fingerprint density at radius 3 is 2.28 bits per heavy atom. The number of hydrogen-bond acceptors (Lipinski definition) is 3. The summed E-state index contributed by atoms with van der Waals surface area (Å²) >= 11 is 0. The first-order chi connectivity index (χ1) is 11.6. The maximum absolute atomic E-state index is 12.0. The van der Waals surface area contributed by atoms with E-state index < -0.39 is 0 Å². The Balaban J connectivity index is 2.30. The molecule has 0 spiro atoms. The highest BCUT2D eigenvalue weighted by Crippen LogP contribution is 2.24. The van der Waals surface area contributed by atoms with Crippen LogP contribution in [0, 0.1) is 0 Å². The highest BCUT2D eigenvalue weighted by molar-refractivity contribution is 5.84. The van der Waals surface area contributed by atoms with E-state index in [1.807, 2.05) is 26.0 Å². The summed E-state index contributed by atoms with van der Waals surface area (Å²) < 4.78 is 5.69. The summed E-state index contributed by atoms with van der Waals surface area (Å²) in [6.07, 6.45) is 0.988. The Morgan fingerprint density at radius 1 is 1.16 bits per heavy atom. The Labute approximate surface area is 151 Å². The second-order valence-electron chi connectivity index (χ2n) is 7.70. The van der Waals surface area contributed by atoms with Crippen molar-refractivity contribution in [1.29, 1.82) is 0 Å². The van der Waals surface area contributed by atoms with Crippen LogP contribution in [0.4, 0.5) is 0 Å². The fourth-order valence-electron chi connectivity index (χ4n) is 2.33. The van der Waals surface area contributed by atoms with Gasteiger partial charge in [0, 0.05) is 19.5 Å². The van der Waals surface area contributed by atoms with Crippen LogP contribution in [-0.2, 0) is 15.0 Å². The predicted octanol–water partition coefficient (Wildman–Crippen LogP) is 3.13. The third kappa shape index (κ3) is 8.05. The van der Waals surface area contributed by atoms with Crippen LogP contribution in [0.2, 0.25) is 0 Å². The van der Waals surface area contributed by atoms with Crippen molar-refractivity contribution in [2.45, 2.75) is 58.9 Å².